The summed E-state index contributed by atoms with van der Waals surface area (Å²) in [6.07, 6.45) is 4.91. The second-order valence-electron chi connectivity index (χ2n) is 7.49. The maximum absolute atomic E-state index is 11.4. The molecular weight excluding hydrogens is 320 g/mol. The molecule has 0 spiro atoms. The number of hydrogen-bond donors (Lipinski definition) is 0. The summed E-state index contributed by atoms with van der Waals surface area (Å²) in [4.78, 5) is 16.7. The molecule has 0 saturated heterocycles. The van der Waals surface area contributed by atoms with Gasteiger partial charge in [0.15, 0.2) is 0 Å². The van der Waals surface area contributed by atoms with E-state index in [9.17, 15) is 4.79 Å². The monoisotopic (exact) mass is 344 g/mol. The van der Waals surface area contributed by atoms with Crippen molar-refractivity contribution in [2.45, 2.75) is 58.4 Å². The first-order chi connectivity index (χ1) is 11.3. The summed E-state index contributed by atoms with van der Waals surface area (Å²) in [5.74, 6) is -0.363. The number of aromatic nitrogens is 2. The van der Waals surface area contributed by atoms with Crippen LogP contribution >= 0.6 is 12.2 Å². The Kier molecular flexibility index (Phi) is 4.38. The van der Waals surface area contributed by atoms with Crippen molar-refractivity contribution >= 4 is 18.2 Å². The maximum Gasteiger partial charge on any atom is 0.329 e. The standard InChI is InChI=1S/C19H24N2O2S/c1-13(22)23-20-12-17(19(2,3)4)21(18(20)24)16-10-9-14-7-5-6-8-15(14)11-16/h5-8,12,16H,9-11H2,1-4H3. The van der Waals surface area contributed by atoms with E-state index in [4.69, 9.17) is 17.1 Å². The smallest absolute Gasteiger partial charge is 0.329 e. The van der Waals surface area contributed by atoms with Gasteiger partial charge in [-0.05, 0) is 42.6 Å². The van der Waals surface area contributed by atoms with E-state index < -0.39 is 0 Å². The van der Waals surface area contributed by atoms with Crippen LogP contribution in [0.25, 0.3) is 0 Å². The quantitative estimate of drug-likeness (QED) is 0.772. The van der Waals surface area contributed by atoms with Crippen LogP contribution in [0.1, 0.15) is 57.0 Å². The summed E-state index contributed by atoms with van der Waals surface area (Å²) >= 11 is 5.63. The minimum absolute atomic E-state index is 0.0874. The summed E-state index contributed by atoms with van der Waals surface area (Å²) in [6, 6.07) is 8.89. The molecule has 5 heteroatoms. The molecule has 128 valence electrons. The molecule has 1 aliphatic rings. The zero-order valence-electron chi connectivity index (χ0n) is 14.7. The van der Waals surface area contributed by atoms with Crippen molar-refractivity contribution in [2.75, 3.05) is 0 Å². The fraction of sp³-hybridized carbons (Fsp3) is 0.474. The first-order valence-electron chi connectivity index (χ1n) is 8.37. The average Bonchev–Trinajstić information content (AvgIpc) is 2.83. The van der Waals surface area contributed by atoms with Crippen molar-refractivity contribution in [3.8, 4) is 0 Å². The van der Waals surface area contributed by atoms with E-state index in [0.717, 1.165) is 25.0 Å². The molecule has 1 atom stereocenters. The first kappa shape index (κ1) is 17.0. The lowest BCUT2D eigenvalue weighted by Crippen LogP contribution is -2.25. The number of benzene rings is 1. The summed E-state index contributed by atoms with van der Waals surface area (Å²) in [7, 11) is 0. The van der Waals surface area contributed by atoms with Gasteiger partial charge in [0.2, 0.25) is 4.77 Å². The van der Waals surface area contributed by atoms with Crippen LogP contribution in [-0.2, 0) is 23.1 Å². The van der Waals surface area contributed by atoms with Crippen molar-refractivity contribution in [1.29, 1.82) is 0 Å². The molecule has 0 N–H and O–H groups in total. The molecule has 1 aromatic heterocycles. The van der Waals surface area contributed by atoms with E-state index in [2.05, 4.69) is 49.6 Å². The Morgan fingerprint density at radius 1 is 1.25 bits per heavy atom. The van der Waals surface area contributed by atoms with Crippen molar-refractivity contribution < 1.29 is 9.63 Å². The van der Waals surface area contributed by atoms with Crippen LogP contribution in [0.5, 0.6) is 0 Å². The van der Waals surface area contributed by atoms with Crippen LogP contribution in [0.15, 0.2) is 30.5 Å². The largest absolute Gasteiger partial charge is 0.335 e. The third-order valence-corrected chi connectivity index (χ3v) is 4.95. The maximum atomic E-state index is 11.4. The Balaban J connectivity index is 2.05. The number of carbonyl (C=O) groups is 1. The van der Waals surface area contributed by atoms with E-state index in [1.54, 1.807) is 0 Å². The second kappa shape index (κ2) is 6.20. The number of imidazole rings is 1. The summed E-state index contributed by atoms with van der Waals surface area (Å²) < 4.78 is 4.19. The Morgan fingerprint density at radius 2 is 1.92 bits per heavy atom. The highest BCUT2D eigenvalue weighted by molar-refractivity contribution is 7.71. The van der Waals surface area contributed by atoms with Crippen LogP contribution in [0, 0.1) is 4.77 Å². The molecule has 1 unspecified atom stereocenters. The third-order valence-electron chi connectivity index (χ3n) is 4.57. The van der Waals surface area contributed by atoms with Gasteiger partial charge in [0, 0.05) is 24.1 Å². The van der Waals surface area contributed by atoms with E-state index in [-0.39, 0.29) is 11.4 Å². The first-order valence-corrected chi connectivity index (χ1v) is 8.78. The van der Waals surface area contributed by atoms with Gasteiger partial charge in [0.05, 0.1) is 6.20 Å². The average molecular weight is 344 g/mol. The number of aryl methyl sites for hydroxylation is 1. The lowest BCUT2D eigenvalue weighted by molar-refractivity contribution is -0.141. The molecule has 0 bridgehead atoms. The third kappa shape index (κ3) is 3.18. The molecule has 1 heterocycles. The van der Waals surface area contributed by atoms with Gasteiger partial charge in [-0.2, -0.15) is 4.73 Å². The Hall–Kier alpha value is -1.88. The van der Waals surface area contributed by atoms with E-state index in [0.29, 0.717) is 10.8 Å². The normalized spacial score (nSPS) is 17.4. The molecule has 1 aromatic carbocycles. The molecule has 4 nitrogen and oxygen atoms in total. The molecule has 0 amide bonds. The van der Waals surface area contributed by atoms with Crippen LogP contribution < -0.4 is 4.84 Å². The van der Waals surface area contributed by atoms with Gasteiger partial charge in [-0.3, -0.25) is 0 Å². The van der Waals surface area contributed by atoms with Gasteiger partial charge in [-0.25, -0.2) is 4.79 Å². The van der Waals surface area contributed by atoms with Crippen LogP contribution in [-0.4, -0.2) is 15.3 Å². The Labute approximate surface area is 148 Å². The highest BCUT2D eigenvalue weighted by Crippen LogP contribution is 2.33. The van der Waals surface area contributed by atoms with Gasteiger partial charge in [-0.15, -0.1) is 0 Å². The SMILES string of the molecule is CC(=O)On1cc(C(C)(C)C)n(C2CCc3ccccc3C2)c1=S. The van der Waals surface area contributed by atoms with E-state index in [1.807, 2.05) is 6.20 Å². The zero-order valence-corrected chi connectivity index (χ0v) is 15.5. The highest BCUT2D eigenvalue weighted by atomic mass is 32.1. The topological polar surface area (TPSA) is 36.2 Å². The van der Waals surface area contributed by atoms with Gasteiger partial charge in [0.1, 0.15) is 0 Å². The molecule has 2 aromatic rings. The van der Waals surface area contributed by atoms with Crippen LogP contribution in [0.4, 0.5) is 0 Å². The molecule has 0 aliphatic heterocycles. The van der Waals surface area contributed by atoms with Crippen LogP contribution in [0.2, 0.25) is 0 Å². The minimum Gasteiger partial charge on any atom is -0.335 e. The second-order valence-corrected chi connectivity index (χ2v) is 7.86. The lowest BCUT2D eigenvalue weighted by atomic mass is 9.86. The molecular formula is C19H24N2O2S. The predicted octanol–water partition coefficient (Wildman–Crippen LogP) is 4.02. The molecule has 1 aliphatic carbocycles. The lowest BCUT2D eigenvalue weighted by Gasteiger charge is -2.30. The number of fused-ring (bicyclic) bond motifs is 1. The zero-order chi connectivity index (χ0) is 17.5. The Morgan fingerprint density at radius 3 is 2.54 bits per heavy atom. The molecule has 0 fully saturated rings. The molecule has 3 rings (SSSR count). The van der Waals surface area contributed by atoms with E-state index in [1.165, 1.54) is 22.8 Å². The van der Waals surface area contributed by atoms with Crippen molar-refractivity contribution in [3.05, 3.63) is 52.1 Å². The number of rotatable bonds is 2. The van der Waals surface area contributed by atoms with Gasteiger partial charge < -0.3 is 9.40 Å². The van der Waals surface area contributed by atoms with E-state index >= 15 is 0 Å². The van der Waals surface area contributed by atoms with Crippen molar-refractivity contribution in [1.82, 2.24) is 9.30 Å². The number of nitrogens with zero attached hydrogens (tertiary/aromatic N) is 2. The molecule has 24 heavy (non-hydrogen) atoms. The number of carbonyl (C=O) groups excluding carboxylic acids is 1. The molecule has 0 saturated carbocycles. The van der Waals surface area contributed by atoms with Crippen molar-refractivity contribution in [3.63, 3.8) is 0 Å². The van der Waals surface area contributed by atoms with Gasteiger partial charge >= 0.3 is 5.97 Å². The summed E-state index contributed by atoms with van der Waals surface area (Å²) in [5, 5.41) is 0. The number of hydrogen-bond acceptors (Lipinski definition) is 3. The Bertz CT molecular complexity index is 827. The van der Waals surface area contributed by atoms with Gasteiger partial charge in [0.25, 0.3) is 0 Å². The van der Waals surface area contributed by atoms with Crippen molar-refractivity contribution in [2.24, 2.45) is 0 Å². The summed E-state index contributed by atoms with van der Waals surface area (Å²) in [6.45, 7) is 7.86. The van der Waals surface area contributed by atoms with Gasteiger partial charge in [-0.1, -0.05) is 45.0 Å². The fourth-order valence-corrected chi connectivity index (χ4v) is 3.79. The fourth-order valence-electron chi connectivity index (χ4n) is 3.45. The molecule has 0 radical (unpaired) electrons. The van der Waals surface area contributed by atoms with Crippen LogP contribution in [0.3, 0.4) is 0 Å². The summed E-state index contributed by atoms with van der Waals surface area (Å²) in [5.41, 5.74) is 3.82. The minimum atomic E-state index is -0.363. The highest BCUT2D eigenvalue weighted by Gasteiger charge is 2.28. The predicted molar refractivity (Wildman–Crippen MR) is 96.7 cm³/mol.